The monoisotopic (exact) mass is 265 g/mol. The lowest BCUT2D eigenvalue weighted by molar-refractivity contribution is 0.0806. The van der Waals surface area contributed by atoms with Gasteiger partial charge in [-0.15, -0.1) is 0 Å². The largest absolute Gasteiger partial charge is 0.378 e. The van der Waals surface area contributed by atoms with Crippen molar-refractivity contribution in [1.29, 1.82) is 0 Å². The molecule has 0 radical (unpaired) electrons. The maximum absolute atomic E-state index is 5.43. The van der Waals surface area contributed by atoms with Gasteiger partial charge in [0, 0.05) is 38.8 Å². The maximum atomic E-state index is 5.43. The third-order valence-electron chi connectivity index (χ3n) is 3.22. The fourth-order valence-electron chi connectivity index (χ4n) is 1.98. The van der Waals surface area contributed by atoms with Crippen molar-refractivity contribution in [3.63, 3.8) is 0 Å². The molecule has 1 aliphatic rings. The quantitative estimate of drug-likeness (QED) is 0.815. The molecule has 2 rings (SSSR count). The van der Waals surface area contributed by atoms with Gasteiger partial charge in [0.1, 0.15) is 17.5 Å². The second kappa shape index (κ2) is 6.68. The molecule has 1 unspecified atom stereocenters. The predicted molar refractivity (Wildman–Crippen MR) is 76.8 cm³/mol. The summed E-state index contributed by atoms with van der Waals surface area (Å²) in [6.45, 7) is 8.22. The van der Waals surface area contributed by atoms with Crippen molar-refractivity contribution >= 4 is 11.6 Å². The molecule has 1 atom stereocenters. The molecule has 6 nitrogen and oxygen atoms in total. The summed E-state index contributed by atoms with van der Waals surface area (Å²) in [6, 6.07) is 2.33. The lowest BCUT2D eigenvalue weighted by atomic mass is 10.3. The Bertz CT molecular complexity index is 406. The summed E-state index contributed by atoms with van der Waals surface area (Å²) in [6.07, 6.45) is 0. The Hall–Kier alpha value is -1.40. The van der Waals surface area contributed by atoms with Crippen molar-refractivity contribution < 1.29 is 4.74 Å². The second-order valence-electron chi connectivity index (χ2n) is 4.78. The van der Waals surface area contributed by atoms with Crippen molar-refractivity contribution in [2.24, 2.45) is 0 Å². The van der Waals surface area contributed by atoms with Gasteiger partial charge in [-0.2, -0.15) is 0 Å². The molecule has 6 heteroatoms. The fourth-order valence-corrected chi connectivity index (χ4v) is 1.98. The van der Waals surface area contributed by atoms with Crippen LogP contribution in [0.3, 0.4) is 0 Å². The van der Waals surface area contributed by atoms with Crippen LogP contribution in [0, 0.1) is 6.92 Å². The number of rotatable bonds is 5. The number of hydrogen-bond acceptors (Lipinski definition) is 6. The molecule has 1 aromatic rings. The van der Waals surface area contributed by atoms with Gasteiger partial charge in [0.05, 0.1) is 13.2 Å². The van der Waals surface area contributed by atoms with E-state index >= 15 is 0 Å². The Morgan fingerprint density at radius 2 is 2.37 bits per heavy atom. The second-order valence-corrected chi connectivity index (χ2v) is 4.78. The highest BCUT2D eigenvalue weighted by atomic mass is 16.5. The molecule has 106 valence electrons. The molecule has 1 fully saturated rings. The van der Waals surface area contributed by atoms with Crippen LogP contribution in [0.2, 0.25) is 0 Å². The van der Waals surface area contributed by atoms with Crippen molar-refractivity contribution in [3.05, 3.63) is 11.9 Å². The smallest absolute Gasteiger partial charge is 0.134 e. The standard InChI is InChI=1S/C13H23N5O/c1-4-18(3)13-7-12(16-10(2)17-13)15-8-11-9-19-6-5-14-11/h7,11,14H,4-6,8-9H2,1-3H3,(H,15,16,17). The van der Waals surface area contributed by atoms with E-state index < -0.39 is 0 Å². The topological polar surface area (TPSA) is 62.3 Å². The highest BCUT2D eigenvalue weighted by Crippen LogP contribution is 2.14. The molecule has 0 saturated carbocycles. The Labute approximate surface area is 114 Å². The number of ether oxygens (including phenoxy) is 1. The number of morpholine rings is 1. The average molecular weight is 265 g/mol. The van der Waals surface area contributed by atoms with Gasteiger partial charge in [0.25, 0.3) is 0 Å². The molecular weight excluding hydrogens is 242 g/mol. The summed E-state index contributed by atoms with van der Waals surface area (Å²) in [5.41, 5.74) is 0. The van der Waals surface area contributed by atoms with E-state index in [-0.39, 0.29) is 0 Å². The summed E-state index contributed by atoms with van der Waals surface area (Å²) in [7, 11) is 2.03. The molecular formula is C13H23N5O. The van der Waals surface area contributed by atoms with Crippen molar-refractivity contribution in [2.45, 2.75) is 19.9 Å². The minimum Gasteiger partial charge on any atom is -0.378 e. The normalized spacial score (nSPS) is 19.2. The molecule has 1 aliphatic heterocycles. The van der Waals surface area contributed by atoms with Crippen LogP contribution in [0.25, 0.3) is 0 Å². The van der Waals surface area contributed by atoms with Crippen molar-refractivity contribution in [3.8, 4) is 0 Å². The van der Waals surface area contributed by atoms with E-state index in [1.165, 1.54) is 0 Å². The van der Waals surface area contributed by atoms with Crippen molar-refractivity contribution in [1.82, 2.24) is 15.3 Å². The first-order valence-corrected chi connectivity index (χ1v) is 6.81. The number of nitrogens with one attached hydrogen (secondary N) is 2. The number of nitrogens with zero attached hydrogens (tertiary/aromatic N) is 3. The first kappa shape index (κ1) is 14.0. The Balaban J connectivity index is 1.97. The van der Waals surface area contributed by atoms with Gasteiger partial charge in [-0.25, -0.2) is 9.97 Å². The van der Waals surface area contributed by atoms with Crippen LogP contribution in [-0.4, -0.2) is 55.9 Å². The Morgan fingerprint density at radius 1 is 1.53 bits per heavy atom. The molecule has 0 amide bonds. The highest BCUT2D eigenvalue weighted by Gasteiger charge is 2.13. The molecule has 0 aromatic carbocycles. The third-order valence-corrected chi connectivity index (χ3v) is 3.22. The van der Waals surface area contributed by atoms with Crippen LogP contribution >= 0.6 is 0 Å². The fraction of sp³-hybridized carbons (Fsp3) is 0.692. The minimum atomic E-state index is 0.344. The molecule has 1 aromatic heterocycles. The molecule has 0 spiro atoms. The molecule has 2 heterocycles. The van der Waals surface area contributed by atoms with Crippen LogP contribution in [0.1, 0.15) is 12.7 Å². The third kappa shape index (κ3) is 4.04. The summed E-state index contributed by atoms with van der Waals surface area (Å²) < 4.78 is 5.43. The molecule has 1 saturated heterocycles. The number of aryl methyl sites for hydroxylation is 1. The van der Waals surface area contributed by atoms with Crippen LogP contribution in [0.4, 0.5) is 11.6 Å². The zero-order valence-corrected chi connectivity index (χ0v) is 11.9. The van der Waals surface area contributed by atoms with Gasteiger partial charge >= 0.3 is 0 Å². The average Bonchev–Trinajstić information content (AvgIpc) is 2.45. The maximum Gasteiger partial charge on any atom is 0.134 e. The van der Waals surface area contributed by atoms with Gasteiger partial charge < -0.3 is 20.3 Å². The van der Waals surface area contributed by atoms with Gasteiger partial charge in [0.15, 0.2) is 0 Å². The van der Waals surface area contributed by atoms with E-state index in [1.807, 2.05) is 20.0 Å². The van der Waals surface area contributed by atoms with Gasteiger partial charge in [0.2, 0.25) is 0 Å². The number of anilines is 2. The van der Waals surface area contributed by atoms with Gasteiger partial charge in [-0.1, -0.05) is 0 Å². The zero-order valence-electron chi connectivity index (χ0n) is 11.9. The highest BCUT2D eigenvalue weighted by molar-refractivity contribution is 5.48. The number of hydrogen-bond donors (Lipinski definition) is 2. The van der Waals surface area contributed by atoms with Gasteiger partial charge in [-0.05, 0) is 13.8 Å². The Morgan fingerprint density at radius 3 is 3.05 bits per heavy atom. The molecule has 2 N–H and O–H groups in total. The van der Waals surface area contributed by atoms with Gasteiger partial charge in [-0.3, -0.25) is 0 Å². The van der Waals surface area contributed by atoms with Crippen LogP contribution in [0.5, 0.6) is 0 Å². The SMILES string of the molecule is CCN(C)c1cc(NCC2COCCN2)nc(C)n1. The summed E-state index contributed by atoms with van der Waals surface area (Å²) in [5.74, 6) is 2.61. The van der Waals surface area contributed by atoms with Crippen LogP contribution in [-0.2, 0) is 4.74 Å². The van der Waals surface area contributed by atoms with E-state index in [4.69, 9.17) is 4.74 Å². The van der Waals surface area contributed by atoms with E-state index in [2.05, 4.69) is 32.4 Å². The molecule has 0 bridgehead atoms. The molecule has 0 aliphatic carbocycles. The van der Waals surface area contributed by atoms with Crippen LogP contribution in [0.15, 0.2) is 6.07 Å². The van der Waals surface area contributed by atoms with E-state index in [1.54, 1.807) is 0 Å². The van der Waals surface area contributed by atoms with E-state index in [0.29, 0.717) is 6.04 Å². The summed E-state index contributed by atoms with van der Waals surface area (Å²) in [5, 5.41) is 6.77. The number of aromatic nitrogens is 2. The van der Waals surface area contributed by atoms with E-state index in [9.17, 15) is 0 Å². The first-order chi connectivity index (χ1) is 9.19. The minimum absolute atomic E-state index is 0.344. The summed E-state index contributed by atoms with van der Waals surface area (Å²) in [4.78, 5) is 11.0. The Kier molecular flexibility index (Phi) is 4.93. The zero-order chi connectivity index (χ0) is 13.7. The summed E-state index contributed by atoms with van der Waals surface area (Å²) >= 11 is 0. The van der Waals surface area contributed by atoms with E-state index in [0.717, 1.165) is 50.3 Å². The van der Waals surface area contributed by atoms with Crippen molar-refractivity contribution in [2.75, 3.05) is 50.1 Å². The lowest BCUT2D eigenvalue weighted by Gasteiger charge is -2.24. The molecule has 19 heavy (non-hydrogen) atoms. The predicted octanol–water partition coefficient (Wildman–Crippen LogP) is 0.641. The lowest BCUT2D eigenvalue weighted by Crippen LogP contribution is -2.45. The first-order valence-electron chi connectivity index (χ1n) is 6.81. The van der Waals surface area contributed by atoms with Crippen LogP contribution < -0.4 is 15.5 Å².